The van der Waals surface area contributed by atoms with Crippen LogP contribution in [0, 0.1) is 37.2 Å². The van der Waals surface area contributed by atoms with E-state index < -0.39 is 0 Å². The first kappa shape index (κ1) is 28.5. The Morgan fingerprint density at radius 3 is 1.86 bits per heavy atom. The van der Waals surface area contributed by atoms with E-state index in [0.717, 1.165) is 41.1 Å². The molecule has 1 aliphatic rings. The minimum atomic E-state index is -0.320. The number of nitrogens with one attached hydrogen (secondary N) is 1. The molecule has 0 aliphatic heterocycles. The molecule has 1 N–H and O–H groups in total. The van der Waals surface area contributed by atoms with Crippen LogP contribution in [0.1, 0.15) is 75.5 Å². The summed E-state index contributed by atoms with van der Waals surface area (Å²) in [7, 11) is 1.77. The summed E-state index contributed by atoms with van der Waals surface area (Å²) in [6.07, 6.45) is 5.96. The lowest BCUT2D eigenvalue weighted by molar-refractivity contribution is 0.347. The summed E-state index contributed by atoms with van der Waals surface area (Å²) in [4.78, 5) is 0. The van der Waals surface area contributed by atoms with Crippen LogP contribution in [0.15, 0.2) is 54.6 Å². The van der Waals surface area contributed by atoms with Crippen molar-refractivity contribution < 1.29 is 13.2 Å². The summed E-state index contributed by atoms with van der Waals surface area (Å²) in [6, 6.07) is 15.0. The van der Waals surface area contributed by atoms with Gasteiger partial charge in [0.25, 0.3) is 0 Å². The molecule has 0 bridgehead atoms. The highest BCUT2D eigenvalue weighted by atomic mass is 19.1. The molecule has 0 unspecified atom stereocenters. The highest BCUT2D eigenvalue weighted by Crippen LogP contribution is 2.37. The number of hydrogen-bond donors (Lipinski definition) is 1. The minimum absolute atomic E-state index is 0.190. The van der Waals surface area contributed by atoms with E-state index in [4.69, 9.17) is 0 Å². The zero-order chi connectivity index (χ0) is 26.0. The number of rotatable bonds is 3. The first-order chi connectivity index (χ1) is 16.7. The molecule has 0 heterocycles. The van der Waals surface area contributed by atoms with Crippen LogP contribution < -0.4 is 5.32 Å². The van der Waals surface area contributed by atoms with E-state index in [2.05, 4.69) is 26.1 Å². The monoisotopic (exact) mass is 483 g/mol. The van der Waals surface area contributed by atoms with Crippen molar-refractivity contribution in [3.8, 4) is 11.1 Å². The average Bonchev–Trinajstić information content (AvgIpc) is 2.79. The van der Waals surface area contributed by atoms with Crippen LogP contribution in [0.3, 0.4) is 0 Å². The number of hydrogen-bond acceptors (Lipinski definition) is 1. The molecule has 3 aromatic carbocycles. The van der Waals surface area contributed by atoms with E-state index in [1.807, 2.05) is 32.0 Å². The van der Waals surface area contributed by atoms with Crippen LogP contribution >= 0.6 is 0 Å². The van der Waals surface area contributed by atoms with Crippen LogP contribution in [-0.2, 0) is 0 Å². The smallest absolute Gasteiger partial charge is 0.131 e. The molecular formula is C31H40F3N. The fourth-order valence-electron chi connectivity index (χ4n) is 4.39. The lowest BCUT2D eigenvalue weighted by atomic mass is 9.79. The van der Waals surface area contributed by atoms with Gasteiger partial charge in [-0.15, -0.1) is 0 Å². The lowest BCUT2D eigenvalue weighted by Gasteiger charge is -2.26. The van der Waals surface area contributed by atoms with Gasteiger partial charge in [0.05, 0.1) is 0 Å². The van der Waals surface area contributed by atoms with Gasteiger partial charge < -0.3 is 5.32 Å². The second kappa shape index (κ2) is 14.0. The Kier molecular flexibility index (Phi) is 11.4. The predicted molar refractivity (Wildman–Crippen MR) is 144 cm³/mol. The normalized spacial score (nSPS) is 16.9. The van der Waals surface area contributed by atoms with Crippen molar-refractivity contribution in [2.45, 2.75) is 72.6 Å². The highest BCUT2D eigenvalue weighted by Gasteiger charge is 2.20. The zero-order valence-electron chi connectivity index (χ0n) is 22.0. The lowest BCUT2D eigenvalue weighted by Crippen LogP contribution is -2.11. The third-order valence-electron chi connectivity index (χ3n) is 6.16. The van der Waals surface area contributed by atoms with Gasteiger partial charge in [-0.3, -0.25) is 0 Å². The second-order valence-electron chi connectivity index (χ2n) is 9.69. The van der Waals surface area contributed by atoms with E-state index in [-0.39, 0.29) is 17.5 Å². The third kappa shape index (κ3) is 9.08. The Balaban J connectivity index is 0.000000277. The number of anilines is 1. The van der Waals surface area contributed by atoms with Gasteiger partial charge in [0.1, 0.15) is 17.5 Å². The van der Waals surface area contributed by atoms with Gasteiger partial charge in [-0.25, -0.2) is 13.2 Å². The van der Waals surface area contributed by atoms with Gasteiger partial charge in [0.15, 0.2) is 0 Å². The number of benzene rings is 3. The van der Waals surface area contributed by atoms with E-state index in [0.29, 0.717) is 17.0 Å². The maximum absolute atomic E-state index is 14.5. The Hall–Kier alpha value is -2.75. The van der Waals surface area contributed by atoms with Crippen molar-refractivity contribution in [1.29, 1.82) is 0 Å². The maximum Gasteiger partial charge on any atom is 0.131 e. The molecule has 0 aromatic heterocycles. The molecule has 1 nitrogen and oxygen atoms in total. The summed E-state index contributed by atoms with van der Waals surface area (Å²) in [5, 5.41) is 2.87. The molecule has 35 heavy (non-hydrogen) atoms. The SMILES string of the molecule is CCC.CNc1cc(C)cc(F)c1.Cc1cc(F)cc(-c2ccc(C3CCC(C)CC3)cc2F)c1. The Bertz CT molecular complexity index is 1030. The molecule has 0 atom stereocenters. The largest absolute Gasteiger partial charge is 0.388 e. The van der Waals surface area contributed by atoms with Gasteiger partial charge in [0.2, 0.25) is 0 Å². The second-order valence-corrected chi connectivity index (χ2v) is 9.69. The van der Waals surface area contributed by atoms with E-state index in [9.17, 15) is 13.2 Å². The molecule has 190 valence electrons. The first-order valence-corrected chi connectivity index (χ1v) is 12.7. The van der Waals surface area contributed by atoms with Crippen LogP contribution in [0.5, 0.6) is 0 Å². The average molecular weight is 484 g/mol. The van der Waals surface area contributed by atoms with Gasteiger partial charge in [-0.05, 0) is 97.2 Å². The van der Waals surface area contributed by atoms with Crippen molar-refractivity contribution in [2.75, 3.05) is 12.4 Å². The van der Waals surface area contributed by atoms with Crippen LogP contribution in [-0.4, -0.2) is 7.05 Å². The van der Waals surface area contributed by atoms with Crippen molar-refractivity contribution in [2.24, 2.45) is 5.92 Å². The molecular weight excluding hydrogens is 443 g/mol. The highest BCUT2D eigenvalue weighted by molar-refractivity contribution is 5.65. The van der Waals surface area contributed by atoms with Gasteiger partial charge in [-0.2, -0.15) is 0 Å². The quantitative estimate of drug-likeness (QED) is 0.391. The Morgan fingerprint density at radius 2 is 1.34 bits per heavy atom. The summed E-state index contributed by atoms with van der Waals surface area (Å²) in [5.41, 5.74) is 4.73. The van der Waals surface area contributed by atoms with Crippen molar-refractivity contribution in [3.63, 3.8) is 0 Å². The number of aryl methyl sites for hydroxylation is 2. The molecule has 1 saturated carbocycles. The van der Waals surface area contributed by atoms with Gasteiger partial charge in [0, 0.05) is 18.3 Å². The van der Waals surface area contributed by atoms with E-state index in [1.165, 1.54) is 43.5 Å². The van der Waals surface area contributed by atoms with Crippen LogP contribution in [0.4, 0.5) is 18.9 Å². The van der Waals surface area contributed by atoms with Crippen LogP contribution in [0.25, 0.3) is 11.1 Å². The fraction of sp³-hybridized carbons (Fsp3) is 0.419. The summed E-state index contributed by atoms with van der Waals surface area (Å²) in [5.74, 6) is 0.495. The van der Waals surface area contributed by atoms with E-state index in [1.54, 1.807) is 19.2 Å². The fourth-order valence-corrected chi connectivity index (χ4v) is 4.39. The summed E-state index contributed by atoms with van der Waals surface area (Å²) in [6.45, 7) is 10.2. The zero-order valence-corrected chi connectivity index (χ0v) is 22.0. The molecule has 0 saturated heterocycles. The van der Waals surface area contributed by atoms with Crippen molar-refractivity contribution in [3.05, 3.63) is 88.7 Å². The van der Waals surface area contributed by atoms with Crippen LogP contribution in [0.2, 0.25) is 0 Å². The molecule has 1 aliphatic carbocycles. The maximum atomic E-state index is 14.5. The van der Waals surface area contributed by atoms with Crippen molar-refractivity contribution >= 4 is 5.69 Å². The Morgan fingerprint density at radius 1 is 0.771 bits per heavy atom. The molecule has 0 amide bonds. The molecule has 0 radical (unpaired) electrons. The summed E-state index contributed by atoms with van der Waals surface area (Å²) >= 11 is 0. The van der Waals surface area contributed by atoms with Gasteiger partial charge >= 0.3 is 0 Å². The molecule has 4 heteroatoms. The molecule has 1 fully saturated rings. The first-order valence-electron chi connectivity index (χ1n) is 12.7. The number of halogens is 3. The molecule has 4 rings (SSSR count). The topological polar surface area (TPSA) is 12.0 Å². The molecule has 3 aromatic rings. The van der Waals surface area contributed by atoms with E-state index >= 15 is 0 Å². The predicted octanol–water partition coefficient (Wildman–Crippen LogP) is 9.83. The molecule has 0 spiro atoms. The van der Waals surface area contributed by atoms with Crippen molar-refractivity contribution in [1.82, 2.24) is 0 Å². The Labute approximate surface area is 209 Å². The summed E-state index contributed by atoms with van der Waals surface area (Å²) < 4.78 is 40.6. The van der Waals surface area contributed by atoms with Gasteiger partial charge in [-0.1, -0.05) is 58.2 Å². The minimum Gasteiger partial charge on any atom is -0.388 e. The third-order valence-corrected chi connectivity index (χ3v) is 6.16. The standard InChI is InChI=1S/C20H22F2.C8H10FN.C3H8/c1-13-3-5-15(6-4-13)16-7-8-19(20(22)12-16)17-9-14(2)10-18(21)11-17;1-6-3-7(9)5-8(4-6)10-2;1-3-2/h7-13,15H,3-6H2,1-2H3;3-5,10H,1-2H3;3H2,1-2H3.